The Morgan fingerprint density at radius 2 is 1.93 bits per heavy atom. The van der Waals surface area contributed by atoms with Crippen LogP contribution in [0, 0.1) is 0 Å². The van der Waals surface area contributed by atoms with Crippen LogP contribution in [0.5, 0.6) is 0 Å². The Kier molecular flexibility index (Phi) is 2.85. The van der Waals surface area contributed by atoms with Gasteiger partial charge in [0.25, 0.3) is 0 Å². The first-order valence-electron chi connectivity index (χ1n) is 5.00. The molecular weight excluding hydrogens is 176 g/mol. The molecule has 1 aliphatic carbocycles. The molecular formula is C12H16O2. The minimum absolute atomic E-state index is 0.291. The van der Waals surface area contributed by atoms with Crippen LogP contribution in [0.15, 0.2) is 30.3 Å². The molecule has 2 rings (SSSR count). The van der Waals surface area contributed by atoms with E-state index in [1.54, 1.807) is 7.11 Å². The van der Waals surface area contributed by atoms with Crippen LogP contribution in [0.4, 0.5) is 0 Å². The third-order valence-electron chi connectivity index (χ3n) is 2.82. The molecule has 0 unspecified atom stereocenters. The van der Waals surface area contributed by atoms with E-state index in [1.165, 1.54) is 18.4 Å². The van der Waals surface area contributed by atoms with E-state index in [4.69, 9.17) is 9.47 Å². The van der Waals surface area contributed by atoms with Gasteiger partial charge in [-0.2, -0.15) is 0 Å². The van der Waals surface area contributed by atoms with E-state index in [2.05, 4.69) is 30.3 Å². The minimum atomic E-state index is 0.291. The highest BCUT2D eigenvalue weighted by Crippen LogP contribution is 2.48. The van der Waals surface area contributed by atoms with Crippen molar-refractivity contribution in [3.05, 3.63) is 35.9 Å². The zero-order chi connectivity index (χ0) is 9.86. The second-order valence-electron chi connectivity index (χ2n) is 3.90. The van der Waals surface area contributed by atoms with Gasteiger partial charge in [0.05, 0.1) is 6.61 Å². The molecule has 0 heterocycles. The molecule has 0 aliphatic heterocycles. The van der Waals surface area contributed by atoms with Crippen LogP contribution >= 0.6 is 0 Å². The van der Waals surface area contributed by atoms with E-state index in [1.807, 2.05) is 0 Å². The van der Waals surface area contributed by atoms with Crippen molar-refractivity contribution in [2.45, 2.75) is 18.3 Å². The normalized spacial score (nSPS) is 18.1. The number of hydrogen-bond acceptors (Lipinski definition) is 2. The molecule has 1 aromatic carbocycles. The van der Waals surface area contributed by atoms with Crippen molar-refractivity contribution >= 4 is 0 Å². The van der Waals surface area contributed by atoms with Gasteiger partial charge in [0.15, 0.2) is 0 Å². The fraction of sp³-hybridized carbons (Fsp3) is 0.500. The van der Waals surface area contributed by atoms with Crippen LogP contribution in [0.2, 0.25) is 0 Å². The summed E-state index contributed by atoms with van der Waals surface area (Å²) in [4.78, 5) is 0. The summed E-state index contributed by atoms with van der Waals surface area (Å²) in [6.07, 6.45) is 2.47. The smallest absolute Gasteiger partial charge is 0.146 e. The molecule has 0 aromatic heterocycles. The summed E-state index contributed by atoms with van der Waals surface area (Å²) in [7, 11) is 1.65. The molecule has 0 atom stereocenters. The molecule has 0 amide bonds. The summed E-state index contributed by atoms with van der Waals surface area (Å²) < 4.78 is 10.3. The first kappa shape index (κ1) is 9.69. The van der Waals surface area contributed by atoms with Crippen LogP contribution in [0.1, 0.15) is 18.4 Å². The van der Waals surface area contributed by atoms with Crippen molar-refractivity contribution < 1.29 is 9.47 Å². The van der Waals surface area contributed by atoms with Gasteiger partial charge < -0.3 is 9.47 Å². The van der Waals surface area contributed by atoms with Crippen molar-refractivity contribution in [2.24, 2.45) is 0 Å². The van der Waals surface area contributed by atoms with Crippen LogP contribution < -0.4 is 0 Å². The van der Waals surface area contributed by atoms with Crippen LogP contribution in [0.3, 0.4) is 0 Å². The molecule has 0 radical (unpaired) electrons. The lowest BCUT2D eigenvalue weighted by molar-refractivity contribution is -0.0384. The summed E-state index contributed by atoms with van der Waals surface area (Å²) in [5.74, 6) is 0. The van der Waals surface area contributed by atoms with Gasteiger partial charge in [-0.25, -0.2) is 0 Å². The summed E-state index contributed by atoms with van der Waals surface area (Å²) in [6.45, 7) is 1.18. The number of ether oxygens (including phenoxy) is 2. The van der Waals surface area contributed by atoms with E-state index in [0.29, 0.717) is 12.2 Å². The van der Waals surface area contributed by atoms with E-state index in [0.717, 1.165) is 6.61 Å². The topological polar surface area (TPSA) is 18.5 Å². The largest absolute Gasteiger partial charge is 0.359 e. The highest BCUT2D eigenvalue weighted by Gasteiger charge is 2.44. The lowest BCUT2D eigenvalue weighted by atomic mass is 9.97. The first-order chi connectivity index (χ1) is 6.87. The third kappa shape index (κ3) is 1.97. The summed E-state index contributed by atoms with van der Waals surface area (Å²) >= 11 is 0. The predicted molar refractivity (Wildman–Crippen MR) is 55.2 cm³/mol. The van der Waals surface area contributed by atoms with Crippen molar-refractivity contribution in [3.8, 4) is 0 Å². The molecule has 2 heteroatoms. The second-order valence-corrected chi connectivity index (χ2v) is 3.90. The average molecular weight is 192 g/mol. The Balaban J connectivity index is 1.96. The monoisotopic (exact) mass is 192 g/mol. The Morgan fingerprint density at radius 1 is 1.21 bits per heavy atom. The van der Waals surface area contributed by atoms with Gasteiger partial charge in [0.2, 0.25) is 0 Å². The predicted octanol–water partition coefficient (Wildman–Crippen LogP) is 2.34. The van der Waals surface area contributed by atoms with E-state index in [-0.39, 0.29) is 0 Å². The van der Waals surface area contributed by atoms with Gasteiger partial charge in [-0.15, -0.1) is 0 Å². The van der Waals surface area contributed by atoms with Crippen molar-refractivity contribution in [1.82, 2.24) is 0 Å². The molecule has 1 fully saturated rings. The van der Waals surface area contributed by atoms with E-state index < -0.39 is 0 Å². The summed E-state index contributed by atoms with van der Waals surface area (Å²) in [5.41, 5.74) is 1.69. The standard InChI is InChI=1S/C12H16O2/c1-13-10-14-9-12(7-8-12)11-5-3-2-4-6-11/h2-6H,7-10H2,1H3. The van der Waals surface area contributed by atoms with Gasteiger partial charge in [0, 0.05) is 12.5 Å². The van der Waals surface area contributed by atoms with Crippen molar-refractivity contribution in [1.29, 1.82) is 0 Å². The zero-order valence-electron chi connectivity index (χ0n) is 8.53. The quantitative estimate of drug-likeness (QED) is 0.526. The molecule has 0 N–H and O–H groups in total. The number of benzene rings is 1. The van der Waals surface area contributed by atoms with Crippen LogP contribution in [-0.2, 0) is 14.9 Å². The highest BCUT2D eigenvalue weighted by atomic mass is 16.7. The second kappa shape index (κ2) is 4.11. The first-order valence-corrected chi connectivity index (χ1v) is 5.00. The van der Waals surface area contributed by atoms with Gasteiger partial charge in [-0.1, -0.05) is 30.3 Å². The van der Waals surface area contributed by atoms with Gasteiger partial charge in [-0.05, 0) is 18.4 Å². The maximum Gasteiger partial charge on any atom is 0.146 e. The van der Waals surface area contributed by atoms with Gasteiger partial charge in [0.1, 0.15) is 6.79 Å². The summed E-state index contributed by atoms with van der Waals surface area (Å²) in [6, 6.07) is 10.6. The molecule has 1 aliphatic rings. The zero-order valence-corrected chi connectivity index (χ0v) is 8.53. The Morgan fingerprint density at radius 3 is 2.50 bits per heavy atom. The minimum Gasteiger partial charge on any atom is -0.359 e. The molecule has 2 nitrogen and oxygen atoms in total. The molecule has 14 heavy (non-hydrogen) atoms. The SMILES string of the molecule is COCOCC1(c2ccccc2)CC1. The highest BCUT2D eigenvalue weighted by molar-refractivity contribution is 5.31. The molecule has 0 saturated heterocycles. The van der Waals surface area contributed by atoms with Crippen LogP contribution in [0.25, 0.3) is 0 Å². The number of rotatable bonds is 5. The molecule has 1 aromatic rings. The number of hydrogen-bond donors (Lipinski definition) is 0. The Labute approximate surface area is 84.8 Å². The lowest BCUT2D eigenvalue weighted by Crippen LogP contribution is -2.16. The number of methoxy groups -OCH3 is 1. The average Bonchev–Trinajstić information content (AvgIpc) is 3.01. The fourth-order valence-electron chi connectivity index (χ4n) is 1.78. The molecule has 0 spiro atoms. The molecule has 1 saturated carbocycles. The Hall–Kier alpha value is -0.860. The molecule has 0 bridgehead atoms. The molecule has 76 valence electrons. The summed E-state index contributed by atoms with van der Waals surface area (Å²) in [5, 5.41) is 0. The maximum absolute atomic E-state index is 5.44. The fourth-order valence-corrected chi connectivity index (χ4v) is 1.78. The van der Waals surface area contributed by atoms with Crippen molar-refractivity contribution in [2.75, 3.05) is 20.5 Å². The maximum atomic E-state index is 5.44. The third-order valence-corrected chi connectivity index (χ3v) is 2.82. The van der Waals surface area contributed by atoms with E-state index >= 15 is 0 Å². The van der Waals surface area contributed by atoms with Gasteiger partial charge in [-0.3, -0.25) is 0 Å². The Bertz CT molecular complexity index is 278. The van der Waals surface area contributed by atoms with Gasteiger partial charge >= 0.3 is 0 Å². The lowest BCUT2D eigenvalue weighted by Gasteiger charge is -2.15. The van der Waals surface area contributed by atoms with E-state index in [9.17, 15) is 0 Å². The van der Waals surface area contributed by atoms with Crippen LogP contribution in [-0.4, -0.2) is 20.5 Å². The van der Waals surface area contributed by atoms with Crippen molar-refractivity contribution in [3.63, 3.8) is 0 Å².